The molecule has 25 aromatic carbocycles. The first kappa shape index (κ1) is 83.5. The number of hydrogen-bond donors (Lipinski definition) is 0. The molecule has 0 spiro atoms. The van der Waals surface area contributed by atoms with Crippen LogP contribution < -0.4 is 14.7 Å². The zero-order chi connectivity index (χ0) is 103. The van der Waals surface area contributed by atoms with Gasteiger partial charge in [0, 0.05) is 51.1 Å². The van der Waals surface area contributed by atoms with E-state index in [9.17, 15) is 0 Å². The Bertz CT molecular complexity index is 9240. The number of rotatable bonds is 18. The Morgan fingerprint density at radius 2 is 0.426 bits per heavy atom. The lowest BCUT2D eigenvalue weighted by molar-refractivity contribution is 0.768. The predicted octanol–water partition coefficient (Wildman–Crippen LogP) is 38.2. The lowest BCUT2D eigenvalue weighted by atomic mass is 9.67. The van der Waals surface area contributed by atoms with Gasteiger partial charge in [0.25, 0.3) is 0 Å². The summed E-state index contributed by atoms with van der Waals surface area (Å²) in [5.41, 5.74) is 36.2. The molecular formula is C145H101N3. The summed E-state index contributed by atoms with van der Waals surface area (Å²) in [7, 11) is 0. The molecule has 0 aromatic heterocycles. The van der Waals surface area contributed by atoms with Gasteiger partial charge in [0.2, 0.25) is 0 Å². The molecule has 3 heteroatoms. The van der Waals surface area contributed by atoms with Crippen molar-refractivity contribution in [2.75, 3.05) is 14.7 Å². The van der Waals surface area contributed by atoms with E-state index in [1.807, 2.05) is 30.3 Å². The van der Waals surface area contributed by atoms with Gasteiger partial charge in [-0.15, -0.1) is 0 Å². The summed E-state index contributed by atoms with van der Waals surface area (Å²) in [5.74, 6) is 0. The molecule has 3 aliphatic rings. The second-order valence-electron chi connectivity index (χ2n) is 38.3. The second-order valence-corrected chi connectivity index (χ2v) is 38.3. The molecule has 28 rings (SSSR count). The number of benzene rings is 25. The smallest absolute Gasteiger partial charge is 0.0734 e. The minimum Gasteiger partial charge on any atom is -0.310 e. The van der Waals surface area contributed by atoms with E-state index < -0.39 is 22.3 Å². The number of para-hydroxylation sites is 1. The van der Waals surface area contributed by atoms with Crippen molar-refractivity contribution in [1.29, 1.82) is 0 Å². The summed E-state index contributed by atoms with van der Waals surface area (Å²) in [5, 5.41) is 9.92. The molecule has 0 bridgehead atoms. The number of hydrogen-bond acceptors (Lipinski definition) is 3. The van der Waals surface area contributed by atoms with Gasteiger partial charge >= 0.3 is 0 Å². The van der Waals surface area contributed by atoms with Crippen LogP contribution in [0, 0.1) is 0 Å². The van der Waals surface area contributed by atoms with Crippen LogP contribution in [0.3, 0.4) is 0 Å². The average molecular weight is 1890 g/mol. The van der Waals surface area contributed by atoms with Crippen molar-refractivity contribution >= 4 is 94.3 Å². The molecule has 696 valence electrons. The zero-order valence-corrected chi connectivity index (χ0v) is 81.3. The topological polar surface area (TPSA) is 9.72 Å². The van der Waals surface area contributed by atoms with Crippen LogP contribution in [0.2, 0.25) is 0 Å². The van der Waals surface area contributed by atoms with Crippen molar-refractivity contribution in [2.24, 2.45) is 0 Å². The van der Waals surface area contributed by atoms with Crippen LogP contribution in [0.1, 0.15) is 73.6 Å². The lowest BCUT2D eigenvalue weighted by Gasteiger charge is -2.38. The minimum atomic E-state index is -0.645. The highest BCUT2D eigenvalue weighted by Gasteiger charge is 2.51. The van der Waals surface area contributed by atoms with E-state index in [0.29, 0.717) is 5.56 Å². The van der Waals surface area contributed by atoms with E-state index in [4.69, 9.17) is 6.85 Å². The third-order valence-electron chi connectivity index (χ3n) is 30.5. The van der Waals surface area contributed by atoms with Gasteiger partial charge in [-0.05, 0) is 274 Å². The van der Waals surface area contributed by atoms with Gasteiger partial charge < -0.3 is 14.7 Å². The van der Waals surface area contributed by atoms with Gasteiger partial charge in [0.15, 0.2) is 0 Å². The summed E-state index contributed by atoms with van der Waals surface area (Å²) in [6.07, 6.45) is 0. The third-order valence-corrected chi connectivity index (χ3v) is 30.5. The molecular weight excluding hydrogens is 1780 g/mol. The molecule has 0 atom stereocenters. The van der Waals surface area contributed by atoms with E-state index in [2.05, 4.69) is 567 Å². The van der Waals surface area contributed by atoms with Gasteiger partial charge in [-0.3, -0.25) is 0 Å². The molecule has 0 N–H and O–H groups in total. The van der Waals surface area contributed by atoms with E-state index in [1.165, 1.54) is 149 Å². The quantitative estimate of drug-likeness (QED) is 0.0793. The van der Waals surface area contributed by atoms with E-state index in [1.54, 1.807) is 0 Å². The SMILES string of the molecule is [2H]c1c([2H])c([2H])c(-c2ccc(N(c3ccc4ccccc4c3)c3cccc4c3C(c3ccccc3)(c3ccccc3)c3ccccc3-4)cc2)c([2H])c1[2H].c1ccc(-c2ccc(N(c3ccc(-c4ccccc4)cc3)c3ccc4c(c3)-c3ccccc3C4(c3ccccc3)c3ccccc3)cc2)cc1.c1ccc(N(c2ccc3c(c2)-c2ccccc2C3(c2ccccc2)c2ccccc2)c2ccc3c4ccccc4c4ccccc4c3c2)cc1. The average Bonchev–Trinajstić information content (AvgIpc) is 1.52. The summed E-state index contributed by atoms with van der Waals surface area (Å²) >= 11 is 0. The minimum absolute atomic E-state index is 0.183. The highest BCUT2D eigenvalue weighted by Crippen LogP contribution is 2.63. The van der Waals surface area contributed by atoms with Gasteiger partial charge in [0.05, 0.1) is 28.8 Å². The largest absolute Gasteiger partial charge is 0.310 e. The Kier molecular flexibility index (Phi) is 21.6. The normalized spacial score (nSPS) is 13.2. The molecule has 0 saturated heterocycles. The van der Waals surface area contributed by atoms with E-state index >= 15 is 0 Å². The predicted molar refractivity (Wildman–Crippen MR) is 622 cm³/mol. The third kappa shape index (κ3) is 15.3. The van der Waals surface area contributed by atoms with Crippen LogP contribution >= 0.6 is 0 Å². The lowest BCUT2D eigenvalue weighted by Crippen LogP contribution is -2.30. The Hall–Kier alpha value is -19.1. The first-order valence-electron chi connectivity index (χ1n) is 53.3. The molecule has 3 aliphatic carbocycles. The maximum atomic E-state index is 8.63. The molecule has 0 unspecified atom stereocenters. The molecule has 25 aromatic rings. The van der Waals surface area contributed by atoms with Gasteiger partial charge in [-0.1, -0.05) is 509 Å². The van der Waals surface area contributed by atoms with Crippen LogP contribution in [0.15, 0.2) is 613 Å². The maximum Gasteiger partial charge on any atom is 0.0734 e. The molecule has 148 heavy (non-hydrogen) atoms. The first-order valence-corrected chi connectivity index (χ1v) is 50.8. The Labute approximate surface area is 872 Å². The van der Waals surface area contributed by atoms with Crippen molar-refractivity contribution in [3.05, 3.63) is 679 Å². The Morgan fingerprint density at radius 3 is 0.865 bits per heavy atom. The second kappa shape index (κ2) is 38.3. The van der Waals surface area contributed by atoms with Gasteiger partial charge in [-0.2, -0.15) is 0 Å². The Morgan fingerprint density at radius 1 is 0.149 bits per heavy atom. The van der Waals surface area contributed by atoms with Gasteiger partial charge in [0.1, 0.15) is 0 Å². The molecule has 0 saturated carbocycles. The highest BCUT2D eigenvalue weighted by molar-refractivity contribution is 6.26. The Balaban J connectivity index is 0.000000115. The van der Waals surface area contributed by atoms with E-state index in [0.717, 1.165) is 67.5 Å². The molecule has 0 radical (unpaired) electrons. The fourth-order valence-corrected chi connectivity index (χ4v) is 24.1. The van der Waals surface area contributed by atoms with Gasteiger partial charge in [-0.25, -0.2) is 0 Å². The van der Waals surface area contributed by atoms with Crippen molar-refractivity contribution < 1.29 is 6.85 Å². The summed E-state index contributed by atoms with van der Waals surface area (Å²) < 4.78 is 41.9. The van der Waals surface area contributed by atoms with Crippen LogP contribution in [-0.4, -0.2) is 0 Å². The van der Waals surface area contributed by atoms with Crippen molar-refractivity contribution in [3.8, 4) is 66.8 Å². The van der Waals surface area contributed by atoms with E-state index in [-0.39, 0.29) is 29.7 Å². The maximum absolute atomic E-state index is 8.63. The summed E-state index contributed by atoms with van der Waals surface area (Å²) in [4.78, 5) is 7.10. The standard InChI is InChI=1S/C49H33N.C49H35N.C47H33N/c1-4-16-34(17-5-1)49(35-18-6-2-7-19-35)47-27-15-14-26-44(47)46-33-38(29-31-48(46)49)50(36-20-8-3-9-21-36)37-28-30-43-41-24-11-10-22-39(41)40-23-12-13-25-42(40)45(43)32-37;1-5-15-36(16-6-1)38-25-29-42(30-26-38)50(43-31-27-39(28-32-43)37-17-7-2-8-18-37)44-33-34-48-46(35-44)45-23-13-14-24-47(45)49(48,40-19-9-3-10-20-40)41-21-11-4-12-22-41;1-4-15-34(16-5-1)36-27-30-40(31-28-36)48(41-32-29-35-17-10-11-18-37(35)33-41)45-26-14-24-43-42-23-12-13-25-44(42)47(46(43)45,38-19-6-2-7-20-38)39-21-8-3-9-22-39/h1-33H;1-35H;1-33H/i;;1D,4D,5D,15D,16D. The molecule has 0 heterocycles. The summed E-state index contributed by atoms with van der Waals surface area (Å²) in [6, 6.07) is 208. The van der Waals surface area contributed by atoms with Crippen LogP contribution in [0.4, 0.5) is 51.2 Å². The fourth-order valence-electron chi connectivity index (χ4n) is 24.1. The number of anilines is 9. The number of fused-ring (bicyclic) bond motifs is 16. The van der Waals surface area contributed by atoms with Crippen molar-refractivity contribution in [2.45, 2.75) is 16.2 Å². The molecule has 0 fully saturated rings. The van der Waals surface area contributed by atoms with Crippen LogP contribution in [-0.2, 0) is 16.2 Å². The summed E-state index contributed by atoms with van der Waals surface area (Å²) in [6.45, 7) is 0. The number of nitrogens with zero attached hydrogens (tertiary/aromatic N) is 3. The molecule has 3 nitrogen and oxygen atoms in total. The monoisotopic (exact) mass is 1890 g/mol. The van der Waals surface area contributed by atoms with Crippen molar-refractivity contribution in [3.63, 3.8) is 0 Å². The van der Waals surface area contributed by atoms with Crippen molar-refractivity contribution in [1.82, 2.24) is 0 Å². The van der Waals surface area contributed by atoms with Crippen LogP contribution in [0.25, 0.3) is 110 Å². The first-order chi connectivity index (χ1) is 75.5. The zero-order valence-electron chi connectivity index (χ0n) is 86.3. The molecule has 0 aliphatic heterocycles. The highest BCUT2D eigenvalue weighted by atomic mass is 15.2. The fraction of sp³-hybridized carbons (Fsp3) is 0.0207. The molecule has 0 amide bonds. The van der Waals surface area contributed by atoms with Crippen LogP contribution in [0.5, 0.6) is 0 Å².